The van der Waals surface area contributed by atoms with Gasteiger partial charge in [0.05, 0.1) is 12.6 Å². The predicted molar refractivity (Wildman–Crippen MR) is 101 cm³/mol. The summed E-state index contributed by atoms with van der Waals surface area (Å²) in [7, 11) is 0. The second kappa shape index (κ2) is 10.5. The van der Waals surface area contributed by atoms with E-state index in [9.17, 15) is 24.3 Å². The fourth-order valence-corrected chi connectivity index (χ4v) is 3.87. The normalized spacial score (nSPS) is 23.1. The molecule has 2 heterocycles. The zero-order chi connectivity index (χ0) is 19.8. The Labute approximate surface area is 163 Å². The van der Waals surface area contributed by atoms with Gasteiger partial charge in [-0.15, -0.1) is 0 Å². The Kier molecular flexibility index (Phi) is 8.36. The number of thioether (sulfide) groups is 1. The van der Waals surface area contributed by atoms with Crippen LogP contribution in [-0.4, -0.2) is 83.5 Å². The van der Waals surface area contributed by atoms with E-state index < -0.39 is 24.0 Å². The molecule has 3 unspecified atom stereocenters. The number of likely N-dealkylation sites (tertiary alicyclic amines) is 1. The molecule has 0 bridgehead atoms. The topological polar surface area (TPSA) is 128 Å². The Morgan fingerprint density at radius 1 is 1.22 bits per heavy atom. The van der Waals surface area contributed by atoms with Crippen LogP contribution in [0.25, 0.3) is 0 Å². The summed E-state index contributed by atoms with van der Waals surface area (Å²) in [5, 5.41) is 17.5. The molecule has 152 valence electrons. The third kappa shape index (κ3) is 6.10. The first-order chi connectivity index (χ1) is 12.9. The Morgan fingerprint density at radius 3 is 2.63 bits per heavy atom. The molecular weight excluding hydrogens is 372 g/mol. The molecule has 4 N–H and O–H groups in total. The highest BCUT2D eigenvalue weighted by Gasteiger charge is 2.36. The summed E-state index contributed by atoms with van der Waals surface area (Å²) in [5.74, 6) is -1.44. The first kappa shape index (κ1) is 21.5. The molecule has 27 heavy (non-hydrogen) atoms. The number of hydrogen-bond donors (Lipinski definition) is 4. The Morgan fingerprint density at radius 2 is 2.00 bits per heavy atom. The molecular formula is C17H28N4O5S. The lowest BCUT2D eigenvalue weighted by Crippen LogP contribution is -2.53. The van der Waals surface area contributed by atoms with Gasteiger partial charge in [0.25, 0.3) is 0 Å². The van der Waals surface area contributed by atoms with Crippen molar-refractivity contribution < 1.29 is 24.3 Å². The number of carbonyl (C=O) groups excluding carboxylic acids is 3. The third-order valence-electron chi connectivity index (χ3n) is 4.89. The molecule has 2 aliphatic heterocycles. The van der Waals surface area contributed by atoms with Crippen LogP contribution in [0.5, 0.6) is 0 Å². The summed E-state index contributed by atoms with van der Waals surface area (Å²) in [4.78, 5) is 49.7. The lowest BCUT2D eigenvalue weighted by molar-refractivity contribution is -0.144. The number of rotatable bonds is 9. The number of carboxylic acids is 1. The Hall–Kier alpha value is -1.81. The van der Waals surface area contributed by atoms with Crippen LogP contribution in [-0.2, 0) is 19.2 Å². The van der Waals surface area contributed by atoms with Gasteiger partial charge in [0.15, 0.2) is 0 Å². The van der Waals surface area contributed by atoms with Gasteiger partial charge in [-0.05, 0) is 50.7 Å². The van der Waals surface area contributed by atoms with E-state index >= 15 is 0 Å². The van der Waals surface area contributed by atoms with Crippen molar-refractivity contribution in [1.82, 2.24) is 20.9 Å². The zero-order valence-corrected chi connectivity index (χ0v) is 16.3. The highest BCUT2D eigenvalue weighted by atomic mass is 32.2. The van der Waals surface area contributed by atoms with Gasteiger partial charge < -0.3 is 26.0 Å². The van der Waals surface area contributed by atoms with Crippen molar-refractivity contribution >= 4 is 35.5 Å². The Balaban J connectivity index is 1.86. The third-order valence-corrected chi connectivity index (χ3v) is 5.54. The average Bonchev–Trinajstić information content (AvgIpc) is 3.34. The number of amides is 3. The zero-order valence-electron chi connectivity index (χ0n) is 15.5. The summed E-state index contributed by atoms with van der Waals surface area (Å²) in [5.41, 5.74) is 0. The molecule has 0 aromatic rings. The van der Waals surface area contributed by atoms with Gasteiger partial charge >= 0.3 is 5.97 Å². The molecule has 0 radical (unpaired) electrons. The van der Waals surface area contributed by atoms with Crippen LogP contribution in [0.15, 0.2) is 0 Å². The summed E-state index contributed by atoms with van der Waals surface area (Å²) in [6.07, 6.45) is 5.04. The lowest BCUT2D eigenvalue weighted by atomic mass is 10.1. The molecule has 0 aromatic heterocycles. The van der Waals surface area contributed by atoms with Crippen LogP contribution < -0.4 is 16.0 Å². The maximum Gasteiger partial charge on any atom is 0.326 e. The molecule has 2 fully saturated rings. The lowest BCUT2D eigenvalue weighted by Gasteiger charge is -2.26. The maximum absolute atomic E-state index is 12.5. The molecule has 0 aromatic carbocycles. The van der Waals surface area contributed by atoms with Gasteiger partial charge in [-0.25, -0.2) is 4.79 Å². The summed E-state index contributed by atoms with van der Waals surface area (Å²) in [6, 6.07) is -1.91. The van der Waals surface area contributed by atoms with Gasteiger partial charge in [0.1, 0.15) is 12.1 Å². The van der Waals surface area contributed by atoms with E-state index in [4.69, 9.17) is 0 Å². The summed E-state index contributed by atoms with van der Waals surface area (Å²) >= 11 is 1.51. The molecule has 3 atom stereocenters. The van der Waals surface area contributed by atoms with Gasteiger partial charge in [-0.1, -0.05) is 0 Å². The maximum atomic E-state index is 12.5. The van der Waals surface area contributed by atoms with Crippen molar-refractivity contribution in [3.05, 3.63) is 0 Å². The SMILES string of the molecule is CSCCC(NC(=O)C1CCCN1C(=O)CNC(=O)C1CCCN1)C(=O)O. The van der Waals surface area contributed by atoms with E-state index in [2.05, 4.69) is 16.0 Å². The fourth-order valence-electron chi connectivity index (χ4n) is 3.39. The molecule has 0 spiro atoms. The van der Waals surface area contributed by atoms with E-state index in [1.807, 2.05) is 6.26 Å². The number of aliphatic carboxylic acids is 1. The summed E-state index contributed by atoms with van der Waals surface area (Å²) < 4.78 is 0. The molecule has 9 nitrogen and oxygen atoms in total. The van der Waals surface area contributed by atoms with Crippen molar-refractivity contribution in [3.63, 3.8) is 0 Å². The summed E-state index contributed by atoms with van der Waals surface area (Å²) in [6.45, 7) is 1.06. The van der Waals surface area contributed by atoms with Crippen molar-refractivity contribution in [1.29, 1.82) is 0 Å². The van der Waals surface area contributed by atoms with Gasteiger partial charge in [0.2, 0.25) is 17.7 Å². The van der Waals surface area contributed by atoms with Crippen molar-refractivity contribution in [2.75, 3.05) is 31.6 Å². The first-order valence-corrected chi connectivity index (χ1v) is 10.7. The van der Waals surface area contributed by atoms with Crippen molar-refractivity contribution in [2.45, 2.75) is 50.2 Å². The molecule has 2 rings (SSSR count). The van der Waals surface area contributed by atoms with Gasteiger partial charge in [-0.3, -0.25) is 14.4 Å². The van der Waals surface area contributed by atoms with Gasteiger partial charge in [-0.2, -0.15) is 11.8 Å². The van der Waals surface area contributed by atoms with E-state index in [0.29, 0.717) is 31.6 Å². The second-order valence-electron chi connectivity index (χ2n) is 6.79. The number of hydrogen-bond acceptors (Lipinski definition) is 6. The minimum absolute atomic E-state index is 0.157. The van der Waals surface area contributed by atoms with E-state index in [1.165, 1.54) is 16.7 Å². The first-order valence-electron chi connectivity index (χ1n) is 9.26. The molecule has 0 aliphatic carbocycles. The van der Waals surface area contributed by atoms with E-state index in [0.717, 1.165) is 19.4 Å². The minimum atomic E-state index is -1.08. The standard InChI is InChI=1S/C17H28N4O5S/c1-27-9-6-12(17(25)26)20-16(24)13-5-3-8-21(13)14(22)10-19-15(23)11-4-2-7-18-11/h11-13,18H,2-10H2,1H3,(H,19,23)(H,20,24)(H,25,26). The highest BCUT2D eigenvalue weighted by Crippen LogP contribution is 2.18. The molecule has 2 aliphatic rings. The average molecular weight is 401 g/mol. The van der Waals surface area contributed by atoms with Crippen molar-refractivity contribution in [2.24, 2.45) is 0 Å². The van der Waals surface area contributed by atoms with E-state index in [1.54, 1.807) is 0 Å². The van der Waals surface area contributed by atoms with Crippen LogP contribution in [0, 0.1) is 0 Å². The molecule has 0 saturated carbocycles. The highest BCUT2D eigenvalue weighted by molar-refractivity contribution is 7.98. The predicted octanol–water partition coefficient (Wildman–Crippen LogP) is -0.832. The molecule has 3 amide bonds. The van der Waals surface area contributed by atoms with Crippen LogP contribution in [0.4, 0.5) is 0 Å². The van der Waals surface area contributed by atoms with E-state index in [-0.39, 0.29) is 24.4 Å². The second-order valence-corrected chi connectivity index (χ2v) is 7.78. The number of carboxylic acid groups (broad SMARTS) is 1. The Bertz CT molecular complexity index is 568. The molecule has 10 heteroatoms. The number of nitrogens with one attached hydrogen (secondary N) is 3. The van der Waals surface area contributed by atoms with Crippen LogP contribution in [0.2, 0.25) is 0 Å². The number of carbonyl (C=O) groups is 4. The number of nitrogens with zero attached hydrogens (tertiary/aromatic N) is 1. The van der Waals surface area contributed by atoms with Crippen molar-refractivity contribution in [3.8, 4) is 0 Å². The van der Waals surface area contributed by atoms with Crippen LogP contribution >= 0.6 is 11.8 Å². The minimum Gasteiger partial charge on any atom is -0.480 e. The smallest absolute Gasteiger partial charge is 0.326 e. The fraction of sp³-hybridized carbons (Fsp3) is 0.765. The monoisotopic (exact) mass is 400 g/mol. The van der Waals surface area contributed by atoms with Crippen LogP contribution in [0.3, 0.4) is 0 Å². The largest absolute Gasteiger partial charge is 0.480 e. The van der Waals surface area contributed by atoms with Crippen LogP contribution in [0.1, 0.15) is 32.1 Å². The van der Waals surface area contributed by atoms with Gasteiger partial charge in [0, 0.05) is 6.54 Å². The quantitative estimate of drug-likeness (QED) is 0.398. The molecule has 2 saturated heterocycles.